The van der Waals surface area contributed by atoms with Crippen LogP contribution in [0.1, 0.15) is 46.0 Å². The molecule has 0 spiro atoms. The van der Waals surface area contributed by atoms with E-state index in [9.17, 15) is 27.6 Å². The second kappa shape index (κ2) is 8.43. The zero-order valence-electron chi connectivity index (χ0n) is 18.1. The zero-order valence-corrected chi connectivity index (χ0v) is 18.9. The van der Waals surface area contributed by atoms with Gasteiger partial charge in [0, 0.05) is 17.0 Å². The maximum Gasteiger partial charge on any atom is 0.417 e. The van der Waals surface area contributed by atoms with E-state index >= 15 is 0 Å². The minimum atomic E-state index is -4.86. The van der Waals surface area contributed by atoms with E-state index in [1.54, 1.807) is 19.1 Å². The molecule has 4 rings (SSSR count). The van der Waals surface area contributed by atoms with E-state index in [-0.39, 0.29) is 17.7 Å². The summed E-state index contributed by atoms with van der Waals surface area (Å²) in [5, 5.41) is 6.52. The van der Waals surface area contributed by atoms with Gasteiger partial charge in [-0.15, -0.1) is 0 Å². The van der Waals surface area contributed by atoms with Gasteiger partial charge in [0.1, 0.15) is 13.1 Å². The highest BCUT2D eigenvalue weighted by Crippen LogP contribution is 2.39. The van der Waals surface area contributed by atoms with Crippen molar-refractivity contribution in [3.63, 3.8) is 0 Å². The molecule has 2 aliphatic rings. The van der Waals surface area contributed by atoms with E-state index in [1.807, 2.05) is 18.3 Å². The Hall–Kier alpha value is -3.40. The van der Waals surface area contributed by atoms with Crippen LogP contribution in [0.3, 0.4) is 0 Å². The molecule has 34 heavy (non-hydrogen) atoms. The second-order valence-corrected chi connectivity index (χ2v) is 8.88. The van der Waals surface area contributed by atoms with Crippen LogP contribution >= 0.6 is 11.6 Å². The lowest BCUT2D eigenvalue weighted by Crippen LogP contribution is -2.53. The van der Waals surface area contributed by atoms with Gasteiger partial charge in [-0.1, -0.05) is 28.9 Å². The fourth-order valence-corrected chi connectivity index (χ4v) is 4.28. The summed E-state index contributed by atoms with van der Waals surface area (Å²) in [6.45, 7) is 2.60. The summed E-state index contributed by atoms with van der Waals surface area (Å²) in [7, 11) is 0. The van der Waals surface area contributed by atoms with Crippen LogP contribution in [-0.2, 0) is 26.2 Å². The quantitative estimate of drug-likeness (QED) is 0.659. The number of carbonyl (C=O) groups is 3. The minimum Gasteiger partial charge on any atom is -0.384 e. The Kier molecular flexibility index (Phi) is 5.89. The van der Waals surface area contributed by atoms with Gasteiger partial charge in [-0.2, -0.15) is 13.2 Å². The van der Waals surface area contributed by atoms with Crippen LogP contribution < -0.4 is 5.32 Å². The fourth-order valence-electron chi connectivity index (χ4n) is 3.99. The normalized spacial score (nSPS) is 20.6. The highest BCUT2D eigenvalue weighted by Gasteiger charge is 2.40. The first-order valence-corrected chi connectivity index (χ1v) is 10.6. The first-order chi connectivity index (χ1) is 15.9. The summed E-state index contributed by atoms with van der Waals surface area (Å²) in [6, 6.07) is 8.55. The molecule has 1 atom stereocenters. The predicted molar refractivity (Wildman–Crippen MR) is 116 cm³/mol. The molecule has 2 aromatic carbocycles. The zero-order chi connectivity index (χ0) is 24.8. The van der Waals surface area contributed by atoms with Crippen molar-refractivity contribution in [2.24, 2.45) is 5.16 Å². The van der Waals surface area contributed by atoms with E-state index in [1.165, 1.54) is 6.07 Å². The monoisotopic (exact) mass is 493 g/mol. The lowest BCUT2D eigenvalue weighted by Gasteiger charge is -2.26. The lowest BCUT2D eigenvalue weighted by molar-refractivity contribution is -0.138. The third-order valence-electron chi connectivity index (χ3n) is 5.64. The van der Waals surface area contributed by atoms with Gasteiger partial charge in [0.15, 0.2) is 5.60 Å². The fraction of sp³-hybridized carbons (Fsp3) is 0.304. The van der Waals surface area contributed by atoms with Crippen LogP contribution in [0, 0.1) is 6.92 Å². The van der Waals surface area contributed by atoms with Crippen molar-refractivity contribution in [2.45, 2.75) is 32.0 Å². The van der Waals surface area contributed by atoms with Gasteiger partial charge in [0.25, 0.3) is 5.91 Å². The van der Waals surface area contributed by atoms with Gasteiger partial charge in [0.2, 0.25) is 11.8 Å². The number of halogens is 4. The average molecular weight is 494 g/mol. The summed E-state index contributed by atoms with van der Waals surface area (Å²) < 4.78 is 41.7. The van der Waals surface area contributed by atoms with Gasteiger partial charge in [0.05, 0.1) is 16.8 Å². The van der Waals surface area contributed by atoms with Crippen LogP contribution in [0.25, 0.3) is 0 Å². The Labute approximate surface area is 197 Å². The third-order valence-corrected chi connectivity index (χ3v) is 5.86. The van der Waals surface area contributed by atoms with Crippen LogP contribution in [0.15, 0.2) is 41.6 Å². The van der Waals surface area contributed by atoms with Gasteiger partial charge < -0.3 is 9.74 Å². The second-order valence-electron chi connectivity index (χ2n) is 8.44. The van der Waals surface area contributed by atoms with Crippen molar-refractivity contribution in [1.82, 2.24) is 10.2 Å². The number of hydrogen-bond acceptors (Lipinski definition) is 5. The number of nitrogens with one attached hydrogen (secondary N) is 1. The summed E-state index contributed by atoms with van der Waals surface area (Å²) in [6.07, 6.45) is -4.69. The van der Waals surface area contributed by atoms with Gasteiger partial charge >= 0.3 is 6.18 Å². The molecule has 0 aromatic heterocycles. The molecule has 7 nitrogen and oxygen atoms in total. The summed E-state index contributed by atoms with van der Waals surface area (Å²) >= 11 is 6.14. The standard InChI is InChI=1S/C23H19ClF3N3O4/c1-12-5-14(8-15(24)6-12)22(2)9-18(29-34-22)13-3-4-16(17(7-13)23(25,26)27)21(33)30-10-19(31)28-20(32)11-30/h3-8H,9-11H2,1-2H3,(H,28,31,32). The molecule has 178 valence electrons. The van der Waals surface area contributed by atoms with E-state index in [0.29, 0.717) is 5.02 Å². The van der Waals surface area contributed by atoms with E-state index < -0.39 is 53.7 Å². The number of carbonyl (C=O) groups excluding carboxylic acids is 3. The van der Waals surface area contributed by atoms with Gasteiger partial charge in [-0.25, -0.2) is 0 Å². The molecule has 0 aliphatic carbocycles. The SMILES string of the molecule is Cc1cc(Cl)cc(C2(C)CC(c3ccc(C(=O)N4CC(=O)NC(=O)C4)c(C(F)(F)F)c3)=NO2)c1. The number of amides is 3. The molecular weight excluding hydrogens is 475 g/mol. The summed E-state index contributed by atoms with van der Waals surface area (Å²) in [4.78, 5) is 42.3. The topological polar surface area (TPSA) is 88.1 Å². The summed E-state index contributed by atoms with van der Waals surface area (Å²) in [5.74, 6) is -2.59. The largest absolute Gasteiger partial charge is 0.417 e. The molecular formula is C23H19ClF3N3O4. The molecule has 1 N–H and O–H groups in total. The van der Waals surface area contributed by atoms with Crippen molar-refractivity contribution in [2.75, 3.05) is 13.1 Å². The Morgan fingerprint density at radius 3 is 2.44 bits per heavy atom. The molecule has 0 bridgehead atoms. The first kappa shape index (κ1) is 23.7. The van der Waals surface area contributed by atoms with Crippen LogP contribution in [-0.4, -0.2) is 41.4 Å². The molecule has 1 unspecified atom stereocenters. The smallest absolute Gasteiger partial charge is 0.384 e. The van der Waals surface area contributed by atoms with Gasteiger partial charge in [-0.3, -0.25) is 19.7 Å². The maximum absolute atomic E-state index is 13.9. The van der Waals surface area contributed by atoms with E-state index in [2.05, 4.69) is 5.16 Å². The van der Waals surface area contributed by atoms with E-state index in [4.69, 9.17) is 16.4 Å². The van der Waals surface area contributed by atoms with Crippen molar-refractivity contribution in [3.05, 3.63) is 69.2 Å². The highest BCUT2D eigenvalue weighted by atomic mass is 35.5. The molecule has 1 saturated heterocycles. The third kappa shape index (κ3) is 4.63. The van der Waals surface area contributed by atoms with Crippen LogP contribution in [0.4, 0.5) is 13.2 Å². The molecule has 2 aromatic rings. The molecule has 11 heteroatoms. The molecule has 3 amide bonds. The molecule has 1 fully saturated rings. The highest BCUT2D eigenvalue weighted by molar-refractivity contribution is 6.30. The van der Waals surface area contributed by atoms with Crippen LogP contribution in [0.2, 0.25) is 5.02 Å². The first-order valence-electron chi connectivity index (χ1n) is 10.2. The minimum absolute atomic E-state index is 0.138. The number of nitrogens with zero attached hydrogens (tertiary/aromatic N) is 2. The van der Waals surface area contributed by atoms with E-state index in [0.717, 1.165) is 28.2 Å². The number of rotatable bonds is 3. The number of piperazine rings is 1. The number of benzene rings is 2. The van der Waals surface area contributed by atoms with Crippen molar-refractivity contribution in [1.29, 1.82) is 0 Å². The molecule has 0 saturated carbocycles. The number of aryl methyl sites for hydroxylation is 1. The van der Waals surface area contributed by atoms with Crippen molar-refractivity contribution in [3.8, 4) is 0 Å². The average Bonchev–Trinajstić information content (AvgIpc) is 3.14. The Morgan fingerprint density at radius 1 is 1.15 bits per heavy atom. The number of imide groups is 1. The Balaban J connectivity index is 1.65. The van der Waals surface area contributed by atoms with Gasteiger partial charge in [-0.05, 0) is 49.2 Å². The van der Waals surface area contributed by atoms with Crippen LogP contribution in [0.5, 0.6) is 0 Å². The number of oxime groups is 1. The molecule has 0 radical (unpaired) electrons. The number of hydrogen-bond donors (Lipinski definition) is 1. The Bertz CT molecular complexity index is 1210. The van der Waals surface area contributed by atoms with Crippen molar-refractivity contribution < 1.29 is 32.4 Å². The molecule has 2 aliphatic heterocycles. The lowest BCUT2D eigenvalue weighted by atomic mass is 9.87. The van der Waals surface area contributed by atoms with Crippen molar-refractivity contribution >= 4 is 35.0 Å². The Morgan fingerprint density at radius 2 is 1.82 bits per heavy atom. The summed E-state index contributed by atoms with van der Waals surface area (Å²) in [5.41, 5.74) is -0.745. The molecule has 2 heterocycles. The maximum atomic E-state index is 13.9. The predicted octanol–water partition coefficient (Wildman–Crippen LogP) is 3.81. The number of alkyl halides is 3.